The van der Waals surface area contributed by atoms with Crippen LogP contribution in [0.5, 0.6) is 0 Å². The maximum absolute atomic E-state index is 6.11. The average Bonchev–Trinajstić information content (AvgIpc) is 2.65. The van der Waals surface area contributed by atoms with Gasteiger partial charge in [-0.3, -0.25) is 0 Å². The molecule has 0 unspecified atom stereocenters. The van der Waals surface area contributed by atoms with E-state index in [0.717, 1.165) is 33.0 Å². The van der Waals surface area contributed by atoms with Crippen LogP contribution in [0.4, 0.5) is 0 Å². The van der Waals surface area contributed by atoms with Crippen LogP contribution >= 0.6 is 27.5 Å². The van der Waals surface area contributed by atoms with Gasteiger partial charge >= 0.3 is 0 Å². The minimum absolute atomic E-state index is 0.729. The van der Waals surface area contributed by atoms with E-state index in [1.54, 1.807) is 0 Å². The van der Waals surface area contributed by atoms with Gasteiger partial charge in [-0.05, 0) is 47.6 Å². The Bertz CT molecular complexity index is 537. The molecule has 0 saturated carbocycles. The number of halogens is 2. The van der Waals surface area contributed by atoms with E-state index in [0.29, 0.717) is 0 Å². The summed E-state index contributed by atoms with van der Waals surface area (Å²) in [6, 6.07) is 5.81. The van der Waals surface area contributed by atoms with Crippen LogP contribution in [0, 0.1) is 6.92 Å². The molecule has 0 aliphatic rings. The van der Waals surface area contributed by atoms with Crippen LogP contribution in [0.3, 0.4) is 0 Å². The van der Waals surface area contributed by atoms with Gasteiger partial charge in [0.1, 0.15) is 0 Å². The summed E-state index contributed by atoms with van der Waals surface area (Å²) < 4.78 is 2.84. The summed E-state index contributed by atoms with van der Waals surface area (Å²) in [7, 11) is 1.90. The van der Waals surface area contributed by atoms with E-state index in [9.17, 15) is 0 Å². The zero-order valence-corrected chi connectivity index (χ0v) is 12.0. The van der Waals surface area contributed by atoms with Gasteiger partial charge < -0.3 is 5.32 Å². The zero-order valence-electron chi connectivity index (χ0n) is 9.67. The quantitative estimate of drug-likeness (QED) is 0.942. The molecular formula is C12H13BrClN3. The lowest BCUT2D eigenvalue weighted by Gasteiger charge is -2.06. The molecule has 0 fully saturated rings. The summed E-state index contributed by atoms with van der Waals surface area (Å²) in [4.78, 5) is 0. The molecule has 0 saturated heterocycles. The highest BCUT2D eigenvalue weighted by Crippen LogP contribution is 2.24. The molecular weight excluding hydrogens is 302 g/mol. The molecule has 17 heavy (non-hydrogen) atoms. The zero-order chi connectivity index (χ0) is 12.4. The van der Waals surface area contributed by atoms with E-state index in [2.05, 4.69) is 26.3 Å². The van der Waals surface area contributed by atoms with Gasteiger partial charge in [-0.15, -0.1) is 0 Å². The SMILES string of the molecule is CNCc1nn(-c2cccc(Cl)c2C)cc1Br. The predicted octanol–water partition coefficient (Wildman–Crippen LogP) is 3.32. The molecule has 2 aromatic rings. The first kappa shape index (κ1) is 12.6. The second-order valence-electron chi connectivity index (χ2n) is 3.78. The maximum atomic E-state index is 6.11. The van der Waals surface area contributed by atoms with Crippen LogP contribution < -0.4 is 5.32 Å². The third-order valence-corrected chi connectivity index (χ3v) is 3.64. The number of nitrogens with one attached hydrogen (secondary N) is 1. The average molecular weight is 315 g/mol. The van der Waals surface area contributed by atoms with Crippen LogP contribution in [0.2, 0.25) is 5.02 Å². The summed E-state index contributed by atoms with van der Waals surface area (Å²) in [6.45, 7) is 2.72. The predicted molar refractivity (Wildman–Crippen MR) is 73.8 cm³/mol. The van der Waals surface area contributed by atoms with Crippen LogP contribution in [-0.2, 0) is 6.54 Å². The Morgan fingerprint density at radius 3 is 2.94 bits per heavy atom. The van der Waals surface area contributed by atoms with Gasteiger partial charge in [0.15, 0.2) is 0 Å². The summed E-state index contributed by atoms with van der Waals surface area (Å²) in [5.41, 5.74) is 3.01. The van der Waals surface area contributed by atoms with Crippen molar-refractivity contribution in [2.75, 3.05) is 7.05 Å². The number of nitrogens with zero attached hydrogens (tertiary/aromatic N) is 2. The number of hydrogen-bond acceptors (Lipinski definition) is 2. The first-order chi connectivity index (χ1) is 8.13. The highest BCUT2D eigenvalue weighted by atomic mass is 79.9. The molecule has 5 heteroatoms. The van der Waals surface area contributed by atoms with E-state index in [-0.39, 0.29) is 0 Å². The minimum atomic E-state index is 0.729. The fraction of sp³-hybridized carbons (Fsp3) is 0.250. The van der Waals surface area contributed by atoms with Gasteiger partial charge in [0.25, 0.3) is 0 Å². The molecule has 1 heterocycles. The smallest absolute Gasteiger partial charge is 0.0908 e. The van der Waals surface area contributed by atoms with E-state index >= 15 is 0 Å². The molecule has 1 aromatic heterocycles. The Morgan fingerprint density at radius 2 is 2.24 bits per heavy atom. The summed E-state index contributed by atoms with van der Waals surface area (Å²) >= 11 is 9.61. The molecule has 1 N–H and O–H groups in total. The molecule has 90 valence electrons. The molecule has 0 aliphatic carbocycles. The summed E-state index contributed by atoms with van der Waals surface area (Å²) in [6.07, 6.45) is 1.95. The second kappa shape index (κ2) is 5.21. The first-order valence-corrected chi connectivity index (χ1v) is 6.44. The Balaban J connectivity index is 2.46. The number of rotatable bonds is 3. The fourth-order valence-corrected chi connectivity index (χ4v) is 2.23. The molecule has 0 aliphatic heterocycles. The van der Waals surface area contributed by atoms with Gasteiger partial charge in [0, 0.05) is 17.8 Å². The van der Waals surface area contributed by atoms with Crippen molar-refractivity contribution in [2.24, 2.45) is 0 Å². The highest BCUT2D eigenvalue weighted by Gasteiger charge is 2.09. The Morgan fingerprint density at radius 1 is 1.47 bits per heavy atom. The monoisotopic (exact) mass is 313 g/mol. The maximum Gasteiger partial charge on any atom is 0.0908 e. The first-order valence-electron chi connectivity index (χ1n) is 5.27. The Labute approximate surface area is 114 Å². The second-order valence-corrected chi connectivity index (χ2v) is 5.04. The van der Waals surface area contributed by atoms with Crippen molar-refractivity contribution in [1.29, 1.82) is 0 Å². The summed E-state index contributed by atoms with van der Waals surface area (Å²) in [5, 5.41) is 8.36. The number of hydrogen-bond donors (Lipinski definition) is 1. The van der Waals surface area contributed by atoms with Crippen LogP contribution in [-0.4, -0.2) is 16.8 Å². The van der Waals surface area contributed by atoms with Gasteiger partial charge in [-0.1, -0.05) is 17.7 Å². The van der Waals surface area contributed by atoms with Crippen molar-refractivity contribution >= 4 is 27.5 Å². The lowest BCUT2D eigenvalue weighted by molar-refractivity contribution is 0.754. The van der Waals surface area contributed by atoms with Gasteiger partial charge in [0.2, 0.25) is 0 Å². The van der Waals surface area contributed by atoms with Crippen LogP contribution in [0.15, 0.2) is 28.9 Å². The highest BCUT2D eigenvalue weighted by molar-refractivity contribution is 9.10. The van der Waals surface area contributed by atoms with E-state index in [1.165, 1.54) is 0 Å². The van der Waals surface area contributed by atoms with E-state index < -0.39 is 0 Å². The van der Waals surface area contributed by atoms with Crippen molar-refractivity contribution in [3.8, 4) is 5.69 Å². The lowest BCUT2D eigenvalue weighted by Crippen LogP contribution is -2.07. The molecule has 0 radical (unpaired) electrons. The molecule has 3 nitrogen and oxygen atoms in total. The third-order valence-electron chi connectivity index (χ3n) is 2.57. The molecule has 0 atom stereocenters. The van der Waals surface area contributed by atoms with Gasteiger partial charge in [-0.25, -0.2) is 4.68 Å². The Kier molecular flexibility index (Phi) is 3.86. The van der Waals surface area contributed by atoms with E-state index in [4.69, 9.17) is 11.6 Å². The van der Waals surface area contributed by atoms with Gasteiger partial charge in [0.05, 0.1) is 15.9 Å². The molecule has 2 rings (SSSR count). The van der Waals surface area contributed by atoms with Crippen LogP contribution in [0.25, 0.3) is 5.69 Å². The van der Waals surface area contributed by atoms with Crippen molar-refractivity contribution in [2.45, 2.75) is 13.5 Å². The van der Waals surface area contributed by atoms with Crippen molar-refractivity contribution < 1.29 is 0 Å². The number of aromatic nitrogens is 2. The van der Waals surface area contributed by atoms with Crippen LogP contribution in [0.1, 0.15) is 11.3 Å². The minimum Gasteiger partial charge on any atom is -0.314 e. The van der Waals surface area contributed by atoms with E-state index in [1.807, 2.05) is 43.0 Å². The lowest BCUT2D eigenvalue weighted by atomic mass is 10.2. The molecule has 0 bridgehead atoms. The third kappa shape index (κ3) is 2.54. The fourth-order valence-electron chi connectivity index (χ4n) is 1.64. The standard InChI is InChI=1S/C12H13BrClN3/c1-8-10(14)4-3-5-12(8)17-7-9(13)11(16-17)6-15-2/h3-5,7,15H,6H2,1-2H3. The molecule has 1 aromatic carbocycles. The largest absolute Gasteiger partial charge is 0.314 e. The molecule has 0 spiro atoms. The Hall–Kier alpha value is -0.840. The summed E-state index contributed by atoms with van der Waals surface area (Å²) in [5.74, 6) is 0. The number of benzene rings is 1. The van der Waals surface area contributed by atoms with Crippen molar-refractivity contribution in [3.05, 3.63) is 45.1 Å². The normalized spacial score (nSPS) is 10.8. The topological polar surface area (TPSA) is 29.9 Å². The van der Waals surface area contributed by atoms with Crippen molar-refractivity contribution in [3.63, 3.8) is 0 Å². The molecule has 0 amide bonds. The van der Waals surface area contributed by atoms with Gasteiger partial charge in [-0.2, -0.15) is 5.10 Å². The van der Waals surface area contributed by atoms with Crippen molar-refractivity contribution in [1.82, 2.24) is 15.1 Å².